The second-order valence-electron chi connectivity index (χ2n) is 8.56. The summed E-state index contributed by atoms with van der Waals surface area (Å²) in [4.78, 5) is 5.54. The number of hydrogen-bond acceptors (Lipinski definition) is 6. The van der Waals surface area contributed by atoms with Crippen LogP contribution in [0, 0.1) is 11.6 Å². The van der Waals surface area contributed by atoms with E-state index in [0.717, 1.165) is 47.5 Å². The van der Waals surface area contributed by atoms with Gasteiger partial charge in [-0.2, -0.15) is 9.61 Å². The summed E-state index contributed by atoms with van der Waals surface area (Å²) in [5, 5.41) is 23.9. The number of halogens is 2. The average Bonchev–Trinajstić information content (AvgIpc) is 3.38. The van der Waals surface area contributed by atoms with Gasteiger partial charge >= 0.3 is 0 Å². The van der Waals surface area contributed by atoms with Gasteiger partial charge < -0.3 is 5.11 Å². The zero-order valence-electron chi connectivity index (χ0n) is 17.8. The molecule has 1 aliphatic rings. The van der Waals surface area contributed by atoms with Crippen LogP contribution in [0.1, 0.15) is 62.2 Å². The molecule has 0 spiro atoms. The van der Waals surface area contributed by atoms with Crippen molar-refractivity contribution >= 4 is 17.0 Å². The Kier molecular flexibility index (Phi) is 5.46. The van der Waals surface area contributed by atoms with E-state index in [1.165, 1.54) is 23.5 Å². The molecule has 5 rings (SSSR count). The topological polar surface area (TPSA) is 76.2 Å². The van der Waals surface area contributed by atoms with Crippen LogP contribution in [-0.2, 0) is 0 Å². The van der Waals surface area contributed by atoms with Crippen molar-refractivity contribution in [1.82, 2.24) is 24.8 Å². The summed E-state index contributed by atoms with van der Waals surface area (Å²) in [5.41, 5.74) is 1.98. The summed E-state index contributed by atoms with van der Waals surface area (Å²) >= 11 is 1.48. The second kappa shape index (κ2) is 8.29. The van der Waals surface area contributed by atoms with Gasteiger partial charge in [0.2, 0.25) is 0 Å². The highest BCUT2D eigenvalue weighted by molar-refractivity contribution is 7.15. The number of aliphatic hydroxyl groups is 1. The molecule has 1 saturated carbocycles. The fourth-order valence-electron chi connectivity index (χ4n) is 4.16. The number of fused-ring (bicyclic) bond motifs is 1. The molecule has 3 heterocycles. The molecule has 0 saturated heterocycles. The Labute approximate surface area is 188 Å². The number of aromatic nitrogens is 5. The molecule has 1 fully saturated rings. The largest absolute Gasteiger partial charge is 0.393 e. The number of benzene rings is 1. The fourth-order valence-corrected chi connectivity index (χ4v) is 5.37. The highest BCUT2D eigenvalue weighted by Gasteiger charge is 2.27. The van der Waals surface area contributed by atoms with E-state index in [1.807, 2.05) is 26.0 Å². The van der Waals surface area contributed by atoms with Crippen LogP contribution in [0.2, 0.25) is 0 Å². The molecule has 9 heteroatoms. The highest BCUT2D eigenvalue weighted by atomic mass is 32.1. The molecule has 0 radical (unpaired) electrons. The van der Waals surface area contributed by atoms with Crippen molar-refractivity contribution in [1.29, 1.82) is 0 Å². The zero-order chi connectivity index (χ0) is 22.4. The van der Waals surface area contributed by atoms with Crippen molar-refractivity contribution in [2.45, 2.75) is 57.5 Å². The summed E-state index contributed by atoms with van der Waals surface area (Å²) in [6.07, 6.45) is 2.83. The molecule has 0 atom stereocenters. The minimum absolute atomic E-state index is 0.132. The molecular weight excluding hydrogens is 432 g/mol. The maximum atomic E-state index is 14.8. The van der Waals surface area contributed by atoms with Crippen molar-refractivity contribution in [3.05, 3.63) is 52.8 Å². The van der Waals surface area contributed by atoms with Gasteiger partial charge in [-0.1, -0.05) is 13.8 Å². The fraction of sp³-hybridized carbons (Fsp3) is 0.391. The van der Waals surface area contributed by atoms with E-state index in [9.17, 15) is 13.9 Å². The predicted octanol–water partition coefficient (Wildman–Crippen LogP) is 5.33. The molecule has 3 aromatic heterocycles. The average molecular weight is 456 g/mol. The molecule has 1 N–H and O–H groups in total. The lowest BCUT2D eigenvalue weighted by atomic mass is 9.88. The van der Waals surface area contributed by atoms with Crippen molar-refractivity contribution < 1.29 is 13.9 Å². The van der Waals surface area contributed by atoms with Gasteiger partial charge in [0.15, 0.2) is 11.5 Å². The Morgan fingerprint density at radius 2 is 1.84 bits per heavy atom. The van der Waals surface area contributed by atoms with Crippen molar-refractivity contribution in [2.24, 2.45) is 0 Å². The molecule has 0 bridgehead atoms. The third kappa shape index (κ3) is 3.80. The number of nitrogens with zero attached hydrogens (tertiary/aromatic N) is 5. The van der Waals surface area contributed by atoms with Crippen molar-refractivity contribution in [2.75, 3.05) is 0 Å². The first kappa shape index (κ1) is 21.1. The molecule has 4 aromatic rings. The van der Waals surface area contributed by atoms with E-state index < -0.39 is 11.6 Å². The quantitative estimate of drug-likeness (QED) is 0.450. The van der Waals surface area contributed by atoms with Crippen LogP contribution >= 0.6 is 11.3 Å². The third-order valence-corrected chi connectivity index (χ3v) is 7.15. The van der Waals surface area contributed by atoms with Gasteiger partial charge in [0.1, 0.15) is 17.3 Å². The number of rotatable bonds is 4. The molecular formula is C23H23F2N5OS. The third-order valence-electron chi connectivity index (χ3n) is 5.91. The molecule has 0 aliphatic heterocycles. The van der Waals surface area contributed by atoms with Gasteiger partial charge in [-0.25, -0.2) is 13.8 Å². The molecule has 32 heavy (non-hydrogen) atoms. The molecule has 0 unspecified atom stereocenters. The van der Waals surface area contributed by atoms with Crippen LogP contribution < -0.4 is 0 Å². The van der Waals surface area contributed by atoms with Crippen LogP contribution in [0.4, 0.5) is 8.78 Å². The van der Waals surface area contributed by atoms with Crippen molar-refractivity contribution in [3.63, 3.8) is 0 Å². The second-order valence-corrected chi connectivity index (χ2v) is 9.59. The SMILES string of the molecule is CC(C)c1nnc2ccc(-c3sc([C@H]4CC[C@@H](O)CC4)nc3-c3ccc(F)cc3F)nn12. The standard InChI is InChI=1S/C23H23F2N5OS/c1-12(2)22-28-27-19-10-9-18(29-30(19)22)21-20(16-8-5-14(24)11-17(16)25)26-23(32-21)13-3-6-15(31)7-4-13/h5,8-13,15,31H,3-4,6-7H2,1-2H3/t13-,15+. The minimum atomic E-state index is -0.657. The Bertz CT molecular complexity index is 1280. The summed E-state index contributed by atoms with van der Waals surface area (Å²) in [7, 11) is 0. The van der Waals surface area contributed by atoms with Gasteiger partial charge in [0.25, 0.3) is 0 Å². The maximum Gasteiger partial charge on any atom is 0.177 e. The molecule has 166 valence electrons. The number of hydrogen-bond donors (Lipinski definition) is 1. The Balaban J connectivity index is 1.66. The lowest BCUT2D eigenvalue weighted by Crippen LogP contribution is -2.16. The lowest BCUT2D eigenvalue weighted by Gasteiger charge is -2.23. The first-order valence-corrected chi connectivity index (χ1v) is 11.6. The van der Waals surface area contributed by atoms with Gasteiger partial charge in [-0.15, -0.1) is 21.5 Å². The van der Waals surface area contributed by atoms with E-state index in [-0.39, 0.29) is 23.5 Å². The van der Waals surface area contributed by atoms with Crippen LogP contribution in [0.25, 0.3) is 27.5 Å². The van der Waals surface area contributed by atoms with Crippen LogP contribution in [0.15, 0.2) is 30.3 Å². The first-order chi connectivity index (χ1) is 15.4. The highest BCUT2D eigenvalue weighted by Crippen LogP contribution is 2.43. The number of aliphatic hydroxyl groups excluding tert-OH is 1. The molecule has 0 amide bonds. The van der Waals surface area contributed by atoms with Gasteiger partial charge in [0.05, 0.1) is 21.7 Å². The molecule has 1 aromatic carbocycles. The Morgan fingerprint density at radius 3 is 2.56 bits per heavy atom. The van der Waals surface area contributed by atoms with Gasteiger partial charge in [0, 0.05) is 23.5 Å². The normalized spacial score (nSPS) is 19.2. The molecule has 6 nitrogen and oxygen atoms in total. The minimum Gasteiger partial charge on any atom is -0.393 e. The first-order valence-electron chi connectivity index (χ1n) is 10.8. The monoisotopic (exact) mass is 455 g/mol. The van der Waals surface area contributed by atoms with E-state index >= 15 is 0 Å². The maximum absolute atomic E-state index is 14.8. The molecule has 1 aliphatic carbocycles. The predicted molar refractivity (Wildman–Crippen MR) is 119 cm³/mol. The lowest BCUT2D eigenvalue weighted by molar-refractivity contribution is 0.122. The van der Waals surface area contributed by atoms with Crippen LogP contribution in [0.3, 0.4) is 0 Å². The van der Waals surface area contributed by atoms with E-state index in [2.05, 4.69) is 10.2 Å². The van der Waals surface area contributed by atoms with Crippen molar-refractivity contribution in [3.8, 4) is 21.8 Å². The van der Waals surface area contributed by atoms with Gasteiger partial charge in [-0.05, 0) is 49.9 Å². The van der Waals surface area contributed by atoms with Crippen LogP contribution in [-0.4, -0.2) is 36.0 Å². The van der Waals surface area contributed by atoms with Crippen LogP contribution in [0.5, 0.6) is 0 Å². The van der Waals surface area contributed by atoms with E-state index in [1.54, 1.807) is 4.52 Å². The summed E-state index contributed by atoms with van der Waals surface area (Å²) in [6, 6.07) is 7.21. The summed E-state index contributed by atoms with van der Waals surface area (Å²) < 4.78 is 30.0. The van der Waals surface area contributed by atoms with Gasteiger partial charge in [-0.3, -0.25) is 0 Å². The smallest absolute Gasteiger partial charge is 0.177 e. The number of thiazole rings is 1. The summed E-state index contributed by atoms with van der Waals surface area (Å²) in [6.45, 7) is 4.04. The van der Waals surface area contributed by atoms with E-state index in [4.69, 9.17) is 10.1 Å². The Morgan fingerprint density at radius 1 is 1.06 bits per heavy atom. The summed E-state index contributed by atoms with van der Waals surface area (Å²) in [5.74, 6) is -0.218. The zero-order valence-corrected chi connectivity index (χ0v) is 18.6. The Hall–Kier alpha value is -2.78. The van der Waals surface area contributed by atoms with E-state index in [0.29, 0.717) is 17.0 Å².